The normalized spacial score (nSPS) is 13.5. The van der Waals surface area contributed by atoms with E-state index in [1.165, 1.54) is 24.3 Å². The lowest BCUT2D eigenvalue weighted by Gasteiger charge is -2.28. The van der Waals surface area contributed by atoms with Crippen molar-refractivity contribution >= 4 is 0 Å². The van der Waals surface area contributed by atoms with Gasteiger partial charge in [-0.25, -0.2) is 8.78 Å². The smallest absolute Gasteiger partial charge is 0.123 e. The Morgan fingerprint density at radius 3 is 1.34 bits per heavy atom. The molecule has 0 saturated carbocycles. The van der Waals surface area contributed by atoms with Crippen molar-refractivity contribution in [2.24, 2.45) is 0 Å². The molecule has 0 aliphatic heterocycles. The average Bonchev–Trinajstić information content (AvgIpc) is 2.76. The van der Waals surface area contributed by atoms with Gasteiger partial charge in [-0.15, -0.1) is 0 Å². The first-order chi connectivity index (χ1) is 15.4. The van der Waals surface area contributed by atoms with Gasteiger partial charge in [-0.2, -0.15) is 0 Å². The van der Waals surface area contributed by atoms with E-state index in [-0.39, 0.29) is 36.9 Å². The van der Waals surface area contributed by atoms with E-state index in [0.29, 0.717) is 13.1 Å². The maximum Gasteiger partial charge on any atom is 0.123 e. The lowest BCUT2D eigenvalue weighted by atomic mass is 10.0. The van der Waals surface area contributed by atoms with Gasteiger partial charge in [0, 0.05) is 13.1 Å². The van der Waals surface area contributed by atoms with E-state index >= 15 is 0 Å². The summed E-state index contributed by atoms with van der Waals surface area (Å²) >= 11 is 0. The third-order valence-corrected chi connectivity index (χ3v) is 5.76. The van der Waals surface area contributed by atoms with Crippen molar-refractivity contribution in [2.45, 2.75) is 25.2 Å². The Bertz CT molecular complexity index is 917. The second-order valence-electron chi connectivity index (χ2n) is 8.15. The zero-order valence-electron chi connectivity index (χ0n) is 18.5. The molecule has 0 radical (unpaired) electrons. The van der Waals surface area contributed by atoms with Crippen LogP contribution in [0, 0.1) is 11.6 Å². The summed E-state index contributed by atoms with van der Waals surface area (Å²) in [4.78, 5) is 3.98. The molecule has 0 saturated heterocycles. The molecule has 2 N–H and O–H groups in total. The van der Waals surface area contributed by atoms with Crippen LogP contribution in [-0.4, -0.2) is 47.3 Å². The fraction of sp³-hybridized carbons (Fsp3) is 0.308. The minimum absolute atomic E-state index is 0.106. The van der Waals surface area contributed by atoms with Crippen LogP contribution in [0.2, 0.25) is 0 Å². The van der Waals surface area contributed by atoms with E-state index in [1.807, 2.05) is 60.3 Å². The minimum atomic E-state index is -0.317. The van der Waals surface area contributed by atoms with Crippen LogP contribution in [0.3, 0.4) is 0 Å². The van der Waals surface area contributed by atoms with Crippen molar-refractivity contribution in [3.8, 4) is 0 Å². The third kappa shape index (κ3) is 6.20. The number of aliphatic hydroxyl groups excluding tert-OH is 2. The number of hydrogen-bond donors (Lipinski definition) is 2. The first kappa shape index (κ1) is 24.0. The van der Waals surface area contributed by atoms with Gasteiger partial charge in [-0.3, -0.25) is 9.80 Å². The molecule has 32 heavy (non-hydrogen) atoms. The van der Waals surface area contributed by atoms with Gasteiger partial charge in [-0.1, -0.05) is 48.5 Å². The van der Waals surface area contributed by atoms with Crippen LogP contribution < -0.4 is 0 Å². The van der Waals surface area contributed by atoms with Gasteiger partial charge in [0.15, 0.2) is 0 Å². The Balaban J connectivity index is 1.64. The molecule has 0 aliphatic rings. The highest BCUT2D eigenvalue weighted by atomic mass is 19.1. The second-order valence-corrected chi connectivity index (χ2v) is 8.15. The Labute approximate surface area is 188 Å². The number of benzene rings is 3. The molecule has 0 fully saturated rings. The predicted molar refractivity (Wildman–Crippen MR) is 122 cm³/mol. The molecule has 6 heteroatoms. The fourth-order valence-electron chi connectivity index (χ4n) is 3.97. The van der Waals surface area contributed by atoms with Crippen molar-refractivity contribution in [1.29, 1.82) is 0 Å². The van der Waals surface area contributed by atoms with Crippen LogP contribution in [0.4, 0.5) is 8.78 Å². The summed E-state index contributed by atoms with van der Waals surface area (Å²) in [6.45, 7) is 0.984. The van der Waals surface area contributed by atoms with Crippen LogP contribution in [0.5, 0.6) is 0 Å². The summed E-state index contributed by atoms with van der Waals surface area (Å²) in [6, 6.07) is 20.1. The van der Waals surface area contributed by atoms with E-state index in [0.717, 1.165) is 22.3 Å². The Morgan fingerprint density at radius 1 is 0.656 bits per heavy atom. The molecule has 170 valence electrons. The summed E-state index contributed by atoms with van der Waals surface area (Å²) in [5.41, 5.74) is 3.61. The van der Waals surface area contributed by atoms with Crippen molar-refractivity contribution in [3.05, 3.63) is 107 Å². The van der Waals surface area contributed by atoms with E-state index in [4.69, 9.17) is 0 Å². The largest absolute Gasteiger partial charge is 0.394 e. The van der Waals surface area contributed by atoms with Crippen molar-refractivity contribution < 1.29 is 19.0 Å². The molecule has 3 aromatic carbocycles. The molecule has 3 aromatic rings. The van der Waals surface area contributed by atoms with Crippen LogP contribution in [0.1, 0.15) is 34.3 Å². The SMILES string of the molecule is CN(Cc1ccc(CN(C)C(CO)c2cccc(F)c2)cc1)C(CO)c1cccc(F)c1. The molecule has 0 aliphatic carbocycles. The number of likely N-dealkylation sites (N-methyl/N-ethyl adjacent to an activating group) is 2. The Hall–Kier alpha value is -2.64. The standard InChI is InChI=1S/C26H30F2N2O2/c1-29(25(17-31)21-5-3-7-23(27)13-21)15-19-9-11-20(12-10-19)16-30(2)26(18-32)22-6-4-8-24(28)14-22/h3-14,25-26,31-32H,15-18H2,1-2H3. The number of aliphatic hydroxyl groups is 2. The lowest BCUT2D eigenvalue weighted by Crippen LogP contribution is -2.27. The molecular formula is C26H30F2N2O2. The summed E-state index contributed by atoms with van der Waals surface area (Å²) in [7, 11) is 3.80. The van der Waals surface area contributed by atoms with Gasteiger partial charge in [-0.05, 0) is 60.6 Å². The molecule has 2 unspecified atom stereocenters. The molecule has 0 amide bonds. The third-order valence-electron chi connectivity index (χ3n) is 5.76. The molecule has 0 bridgehead atoms. The number of halogens is 2. The molecule has 2 atom stereocenters. The molecule has 4 nitrogen and oxygen atoms in total. The summed E-state index contributed by atoms with van der Waals surface area (Å²) in [5, 5.41) is 19.7. The van der Waals surface area contributed by atoms with E-state index in [2.05, 4.69) is 0 Å². The quantitative estimate of drug-likeness (QED) is 0.494. The molecule has 0 aromatic heterocycles. The van der Waals surface area contributed by atoms with Crippen LogP contribution in [0.25, 0.3) is 0 Å². The fourth-order valence-corrected chi connectivity index (χ4v) is 3.97. The topological polar surface area (TPSA) is 46.9 Å². The highest BCUT2D eigenvalue weighted by Crippen LogP contribution is 2.24. The summed E-state index contributed by atoms with van der Waals surface area (Å²) < 4.78 is 27.1. The zero-order chi connectivity index (χ0) is 23.1. The zero-order valence-corrected chi connectivity index (χ0v) is 18.5. The second kappa shape index (κ2) is 11.3. The van der Waals surface area contributed by atoms with Gasteiger partial charge >= 0.3 is 0 Å². The van der Waals surface area contributed by atoms with E-state index in [9.17, 15) is 19.0 Å². The molecular weight excluding hydrogens is 410 g/mol. The maximum absolute atomic E-state index is 13.6. The predicted octanol–water partition coefficient (Wildman–Crippen LogP) is 4.30. The van der Waals surface area contributed by atoms with Crippen LogP contribution >= 0.6 is 0 Å². The van der Waals surface area contributed by atoms with E-state index in [1.54, 1.807) is 12.1 Å². The highest BCUT2D eigenvalue weighted by Gasteiger charge is 2.18. The maximum atomic E-state index is 13.6. The first-order valence-electron chi connectivity index (χ1n) is 10.6. The Morgan fingerprint density at radius 2 is 1.03 bits per heavy atom. The highest BCUT2D eigenvalue weighted by molar-refractivity contribution is 5.25. The van der Waals surface area contributed by atoms with Gasteiger partial charge in [0.05, 0.1) is 25.3 Å². The molecule has 0 heterocycles. The lowest BCUT2D eigenvalue weighted by molar-refractivity contribution is 0.141. The van der Waals surface area contributed by atoms with Crippen molar-refractivity contribution in [2.75, 3.05) is 27.3 Å². The van der Waals surface area contributed by atoms with Crippen molar-refractivity contribution in [3.63, 3.8) is 0 Å². The van der Waals surface area contributed by atoms with Gasteiger partial charge < -0.3 is 10.2 Å². The monoisotopic (exact) mass is 440 g/mol. The van der Waals surface area contributed by atoms with Crippen LogP contribution in [-0.2, 0) is 13.1 Å². The Kier molecular flexibility index (Phi) is 8.47. The molecule has 0 spiro atoms. The first-order valence-corrected chi connectivity index (χ1v) is 10.6. The number of hydrogen-bond acceptors (Lipinski definition) is 4. The van der Waals surface area contributed by atoms with Gasteiger partial charge in [0.1, 0.15) is 11.6 Å². The number of nitrogens with zero attached hydrogens (tertiary/aromatic N) is 2. The number of rotatable bonds is 10. The van der Waals surface area contributed by atoms with Crippen molar-refractivity contribution in [1.82, 2.24) is 9.80 Å². The van der Waals surface area contributed by atoms with Crippen LogP contribution in [0.15, 0.2) is 72.8 Å². The minimum Gasteiger partial charge on any atom is -0.394 e. The summed E-state index contributed by atoms with van der Waals surface area (Å²) in [5.74, 6) is -0.635. The van der Waals surface area contributed by atoms with Gasteiger partial charge in [0.2, 0.25) is 0 Å². The summed E-state index contributed by atoms with van der Waals surface area (Å²) in [6.07, 6.45) is 0. The van der Waals surface area contributed by atoms with Gasteiger partial charge in [0.25, 0.3) is 0 Å². The average molecular weight is 441 g/mol. The van der Waals surface area contributed by atoms with E-state index < -0.39 is 0 Å². The molecule has 3 rings (SSSR count).